The zero-order valence-corrected chi connectivity index (χ0v) is 17.9. The molecule has 0 unspecified atom stereocenters. The minimum Gasteiger partial charge on any atom is -0.497 e. The van der Waals surface area contributed by atoms with Gasteiger partial charge in [-0.15, -0.1) is 11.3 Å². The lowest BCUT2D eigenvalue weighted by molar-refractivity contribution is 0.0523. The second kappa shape index (κ2) is 7.93. The van der Waals surface area contributed by atoms with E-state index in [0.29, 0.717) is 15.2 Å². The quantitative estimate of drug-likeness (QED) is 0.726. The van der Waals surface area contributed by atoms with Crippen LogP contribution in [0.1, 0.15) is 25.8 Å². The largest absolute Gasteiger partial charge is 0.497 e. The second-order valence-electron chi connectivity index (χ2n) is 6.26. The number of benzene rings is 1. The van der Waals surface area contributed by atoms with Crippen molar-refractivity contribution < 1.29 is 22.7 Å². The van der Waals surface area contributed by atoms with Gasteiger partial charge in [0.15, 0.2) is 0 Å². The summed E-state index contributed by atoms with van der Waals surface area (Å²) in [7, 11) is -2.27. The van der Waals surface area contributed by atoms with Crippen molar-refractivity contribution in [3.05, 3.63) is 33.9 Å². The van der Waals surface area contributed by atoms with Gasteiger partial charge in [0.2, 0.25) is 9.84 Å². The molecule has 10 heteroatoms. The molecule has 7 nitrogen and oxygen atoms in total. The highest BCUT2D eigenvalue weighted by Gasteiger charge is 2.23. The van der Waals surface area contributed by atoms with Gasteiger partial charge in [-0.1, -0.05) is 15.9 Å². The summed E-state index contributed by atoms with van der Waals surface area (Å²) in [5.41, 5.74) is -0.610. The molecule has 0 atom stereocenters. The summed E-state index contributed by atoms with van der Waals surface area (Å²) in [6.07, 6.45) is 0.688. The Hall–Kier alpha value is -1.65. The van der Waals surface area contributed by atoms with Gasteiger partial charge in [0, 0.05) is 4.47 Å². The normalized spacial score (nSPS) is 11.9. The van der Waals surface area contributed by atoms with Gasteiger partial charge in [0.25, 0.3) is 0 Å². The fourth-order valence-electron chi connectivity index (χ4n) is 1.89. The van der Waals surface area contributed by atoms with Crippen LogP contribution in [0.4, 0.5) is 4.79 Å². The number of hydrogen-bond acceptors (Lipinski definition) is 7. The Morgan fingerprint density at radius 2 is 2.00 bits per heavy atom. The summed E-state index contributed by atoms with van der Waals surface area (Å²) < 4.78 is 36.5. The molecule has 1 heterocycles. The van der Waals surface area contributed by atoms with Crippen LogP contribution in [0, 0.1) is 0 Å². The Morgan fingerprint density at radius 1 is 1.31 bits per heavy atom. The monoisotopic (exact) mass is 462 g/mol. The van der Waals surface area contributed by atoms with Gasteiger partial charge in [-0.25, -0.2) is 18.2 Å². The first kappa shape index (κ1) is 20.7. The van der Waals surface area contributed by atoms with Crippen LogP contribution in [0.25, 0.3) is 0 Å². The van der Waals surface area contributed by atoms with Crippen molar-refractivity contribution in [1.29, 1.82) is 0 Å². The number of hydrogen-bond donors (Lipinski definition) is 1. The Morgan fingerprint density at radius 3 is 2.62 bits per heavy atom. The number of alkyl carbamates (subject to hydrolysis) is 1. The molecule has 0 saturated heterocycles. The topological polar surface area (TPSA) is 94.6 Å². The third kappa shape index (κ3) is 5.42. The van der Waals surface area contributed by atoms with Crippen molar-refractivity contribution in [2.24, 2.45) is 0 Å². The number of rotatable bonds is 5. The molecule has 0 fully saturated rings. The molecule has 0 aliphatic carbocycles. The van der Waals surface area contributed by atoms with Crippen LogP contribution in [0.2, 0.25) is 0 Å². The summed E-state index contributed by atoms with van der Waals surface area (Å²) in [5.74, 6) is 0.425. The lowest BCUT2D eigenvalue weighted by atomic mass is 10.2. The van der Waals surface area contributed by atoms with Crippen LogP contribution in [-0.4, -0.2) is 32.2 Å². The molecule has 2 rings (SSSR count). The van der Waals surface area contributed by atoms with Crippen molar-refractivity contribution in [1.82, 2.24) is 10.3 Å². The number of thiazole rings is 1. The molecule has 0 aliphatic rings. The molecule has 1 N–H and O–H groups in total. The van der Waals surface area contributed by atoms with Gasteiger partial charge in [-0.2, -0.15) is 0 Å². The third-order valence-corrected chi connectivity index (χ3v) is 6.62. The van der Waals surface area contributed by atoms with Crippen molar-refractivity contribution >= 4 is 43.2 Å². The van der Waals surface area contributed by atoms with Crippen molar-refractivity contribution in [3.8, 4) is 5.75 Å². The minimum atomic E-state index is -3.74. The van der Waals surface area contributed by atoms with Crippen molar-refractivity contribution in [3.63, 3.8) is 0 Å². The fourth-order valence-corrected chi connectivity index (χ4v) is 5.09. The summed E-state index contributed by atoms with van der Waals surface area (Å²) in [5, 5.41) is 3.01. The van der Waals surface area contributed by atoms with Gasteiger partial charge < -0.3 is 14.8 Å². The zero-order valence-electron chi connectivity index (χ0n) is 14.7. The highest BCUT2D eigenvalue weighted by Crippen LogP contribution is 2.31. The van der Waals surface area contributed by atoms with Crippen LogP contribution in [0.3, 0.4) is 0 Å². The number of carbonyl (C=O) groups excluding carboxylic acids is 1. The maximum Gasteiger partial charge on any atom is 0.408 e. The number of aromatic nitrogens is 1. The highest BCUT2D eigenvalue weighted by atomic mass is 79.9. The van der Waals surface area contributed by atoms with E-state index < -0.39 is 21.5 Å². The van der Waals surface area contributed by atoms with Crippen LogP contribution in [0.15, 0.2) is 38.0 Å². The number of halogens is 1. The molecule has 1 aromatic heterocycles. The predicted octanol–water partition coefficient (Wildman–Crippen LogP) is 3.77. The molecule has 142 valence electrons. The molecule has 0 radical (unpaired) electrons. The molecule has 1 aromatic carbocycles. The van der Waals surface area contributed by atoms with Gasteiger partial charge >= 0.3 is 6.09 Å². The molecule has 26 heavy (non-hydrogen) atoms. The van der Waals surface area contributed by atoms with Crippen LogP contribution in [-0.2, 0) is 21.1 Å². The number of methoxy groups -OCH3 is 1. The predicted molar refractivity (Wildman–Crippen MR) is 101 cm³/mol. The van der Waals surface area contributed by atoms with E-state index in [9.17, 15) is 13.2 Å². The molecule has 0 spiro atoms. The van der Waals surface area contributed by atoms with E-state index in [1.807, 2.05) is 0 Å². The molecular formula is C16H19BrN2O5S2. The molecule has 2 aromatic rings. The Kier molecular flexibility index (Phi) is 6.30. The van der Waals surface area contributed by atoms with Gasteiger partial charge in [0.1, 0.15) is 20.6 Å². The maximum atomic E-state index is 12.8. The first-order valence-corrected chi connectivity index (χ1v) is 10.6. The van der Waals surface area contributed by atoms with E-state index in [1.54, 1.807) is 26.8 Å². The lowest BCUT2D eigenvalue weighted by Crippen LogP contribution is -2.32. The average molecular weight is 463 g/mol. The van der Waals surface area contributed by atoms with Crippen LogP contribution in [0.5, 0.6) is 5.75 Å². The number of ether oxygens (including phenoxy) is 2. The second-order valence-corrected chi connectivity index (χ2v) is 10.5. The SMILES string of the molecule is COc1cc(Br)cc(S(=O)(=O)c2cnc(CNC(=O)OC(C)(C)C)s2)c1. The first-order chi connectivity index (χ1) is 12.0. The summed E-state index contributed by atoms with van der Waals surface area (Å²) in [6, 6.07) is 4.61. The molecule has 0 saturated carbocycles. The molecular weight excluding hydrogens is 444 g/mol. The van der Waals surface area contributed by atoms with E-state index in [4.69, 9.17) is 9.47 Å². The number of amides is 1. The summed E-state index contributed by atoms with van der Waals surface area (Å²) in [4.78, 5) is 15.8. The Balaban J connectivity index is 2.16. The number of carbonyl (C=O) groups is 1. The van der Waals surface area contributed by atoms with E-state index in [2.05, 4.69) is 26.2 Å². The van der Waals surface area contributed by atoms with E-state index in [-0.39, 0.29) is 15.6 Å². The van der Waals surface area contributed by atoms with E-state index in [0.717, 1.165) is 11.3 Å². The average Bonchev–Trinajstić information content (AvgIpc) is 3.00. The van der Waals surface area contributed by atoms with Crippen molar-refractivity contribution in [2.75, 3.05) is 7.11 Å². The molecule has 1 amide bonds. The van der Waals surface area contributed by atoms with Gasteiger partial charge in [0.05, 0.1) is 24.7 Å². The van der Waals surface area contributed by atoms with Crippen molar-refractivity contribution in [2.45, 2.75) is 42.0 Å². The molecule has 0 bridgehead atoms. The van der Waals surface area contributed by atoms with E-state index >= 15 is 0 Å². The standard InChI is InChI=1S/C16H19BrN2O5S2/c1-16(2,3)24-15(20)19-8-13-18-9-14(25-13)26(21,22)12-6-10(17)5-11(7-12)23-4/h5-7,9H,8H2,1-4H3,(H,19,20). The summed E-state index contributed by atoms with van der Waals surface area (Å²) in [6.45, 7) is 5.35. The van der Waals surface area contributed by atoms with E-state index in [1.165, 1.54) is 25.4 Å². The fraction of sp³-hybridized carbons (Fsp3) is 0.375. The van der Waals surface area contributed by atoms with Crippen LogP contribution >= 0.6 is 27.3 Å². The summed E-state index contributed by atoms with van der Waals surface area (Å²) >= 11 is 4.26. The third-order valence-electron chi connectivity index (χ3n) is 2.97. The zero-order chi connectivity index (χ0) is 19.5. The Bertz CT molecular complexity index is 904. The smallest absolute Gasteiger partial charge is 0.408 e. The minimum absolute atomic E-state index is 0.0803. The maximum absolute atomic E-state index is 12.8. The van der Waals surface area contributed by atoms with Crippen LogP contribution < -0.4 is 10.1 Å². The van der Waals surface area contributed by atoms with Gasteiger partial charge in [-0.3, -0.25) is 0 Å². The Labute approximate surface area is 164 Å². The number of sulfone groups is 1. The van der Waals surface area contributed by atoms with Gasteiger partial charge in [-0.05, 0) is 39.0 Å². The number of nitrogens with one attached hydrogen (secondary N) is 1. The lowest BCUT2D eigenvalue weighted by Gasteiger charge is -2.19. The highest BCUT2D eigenvalue weighted by molar-refractivity contribution is 9.10. The first-order valence-electron chi connectivity index (χ1n) is 7.52. The molecule has 0 aliphatic heterocycles. The number of nitrogens with zero attached hydrogens (tertiary/aromatic N) is 1.